The maximum absolute atomic E-state index is 12.0. The minimum Gasteiger partial charge on any atom is -0.465 e. The Labute approximate surface area is 133 Å². The average Bonchev–Trinajstić information content (AvgIpc) is 2.60. The number of nitrogens with one attached hydrogen (secondary N) is 1. The summed E-state index contributed by atoms with van der Waals surface area (Å²) in [4.78, 5) is 35.4. The molecule has 0 saturated carbocycles. The predicted octanol–water partition coefficient (Wildman–Crippen LogP) is 2.27. The zero-order chi connectivity index (χ0) is 16.7. The number of carbonyl (C=O) groups is 3. The van der Waals surface area contributed by atoms with Crippen molar-refractivity contribution in [1.82, 2.24) is 0 Å². The summed E-state index contributed by atoms with van der Waals surface area (Å²) in [6.45, 7) is -0.455. The molecule has 2 rings (SSSR count). The molecule has 0 heterocycles. The monoisotopic (exact) mass is 313 g/mol. The van der Waals surface area contributed by atoms with Gasteiger partial charge in [-0.15, -0.1) is 0 Å². The van der Waals surface area contributed by atoms with Crippen LogP contribution in [0.4, 0.5) is 5.69 Å². The highest BCUT2D eigenvalue weighted by Crippen LogP contribution is 2.12. The van der Waals surface area contributed by atoms with Crippen molar-refractivity contribution >= 4 is 23.5 Å². The van der Waals surface area contributed by atoms with E-state index in [0.29, 0.717) is 5.69 Å². The molecule has 2 aromatic carbocycles. The van der Waals surface area contributed by atoms with Crippen LogP contribution in [0.1, 0.15) is 20.7 Å². The molecular formula is C17H15NO5. The van der Waals surface area contributed by atoms with Gasteiger partial charge in [0.15, 0.2) is 6.61 Å². The van der Waals surface area contributed by atoms with Gasteiger partial charge < -0.3 is 14.8 Å². The Morgan fingerprint density at radius 2 is 1.43 bits per heavy atom. The Balaban J connectivity index is 1.97. The fourth-order valence-electron chi connectivity index (χ4n) is 1.88. The highest BCUT2D eigenvalue weighted by molar-refractivity contribution is 6.04. The van der Waals surface area contributed by atoms with Crippen LogP contribution in [0.3, 0.4) is 0 Å². The summed E-state index contributed by atoms with van der Waals surface area (Å²) in [5, 5.41) is 2.59. The summed E-state index contributed by atoms with van der Waals surface area (Å²) >= 11 is 0. The standard InChI is InChI=1S/C17H15NO5/c1-22-16(20)13-9-5-6-10-14(13)17(21)23-11-15(19)18-12-7-3-2-4-8-12/h2-10H,11H2,1H3,(H,18,19). The van der Waals surface area contributed by atoms with Gasteiger partial charge in [-0.3, -0.25) is 4.79 Å². The summed E-state index contributed by atoms with van der Waals surface area (Å²) in [6, 6.07) is 14.9. The summed E-state index contributed by atoms with van der Waals surface area (Å²) in [6.07, 6.45) is 0. The van der Waals surface area contributed by atoms with Crippen molar-refractivity contribution in [2.75, 3.05) is 19.0 Å². The van der Waals surface area contributed by atoms with Crippen molar-refractivity contribution in [3.05, 3.63) is 65.7 Å². The van der Waals surface area contributed by atoms with Crippen molar-refractivity contribution in [3.63, 3.8) is 0 Å². The van der Waals surface area contributed by atoms with E-state index in [1.807, 2.05) is 6.07 Å². The van der Waals surface area contributed by atoms with Gasteiger partial charge in [0.1, 0.15) is 0 Å². The first-order chi connectivity index (χ1) is 11.1. The average molecular weight is 313 g/mol. The first-order valence-corrected chi connectivity index (χ1v) is 6.81. The maximum atomic E-state index is 12.0. The molecule has 0 bridgehead atoms. The quantitative estimate of drug-likeness (QED) is 0.856. The van der Waals surface area contributed by atoms with E-state index in [9.17, 15) is 14.4 Å². The summed E-state index contributed by atoms with van der Waals surface area (Å²) in [5.41, 5.74) is 0.735. The molecule has 1 amide bonds. The topological polar surface area (TPSA) is 81.7 Å². The number of anilines is 1. The van der Waals surface area contributed by atoms with E-state index in [2.05, 4.69) is 10.1 Å². The van der Waals surface area contributed by atoms with Crippen LogP contribution in [0.2, 0.25) is 0 Å². The molecule has 0 aliphatic heterocycles. The molecule has 6 heteroatoms. The number of benzene rings is 2. The van der Waals surface area contributed by atoms with Crippen molar-refractivity contribution < 1.29 is 23.9 Å². The number of rotatable bonds is 5. The van der Waals surface area contributed by atoms with E-state index >= 15 is 0 Å². The first kappa shape index (κ1) is 16.2. The lowest BCUT2D eigenvalue weighted by Gasteiger charge is -2.08. The minimum atomic E-state index is -0.769. The molecule has 0 radical (unpaired) electrons. The van der Waals surface area contributed by atoms with Crippen LogP contribution in [0, 0.1) is 0 Å². The molecule has 23 heavy (non-hydrogen) atoms. The number of para-hydroxylation sites is 1. The van der Waals surface area contributed by atoms with Gasteiger partial charge in [0.25, 0.3) is 5.91 Å². The molecular weight excluding hydrogens is 298 g/mol. The van der Waals surface area contributed by atoms with E-state index < -0.39 is 24.5 Å². The Morgan fingerprint density at radius 1 is 0.870 bits per heavy atom. The Morgan fingerprint density at radius 3 is 2.04 bits per heavy atom. The second-order valence-electron chi connectivity index (χ2n) is 4.53. The van der Waals surface area contributed by atoms with Gasteiger partial charge in [-0.25, -0.2) is 9.59 Å². The fraction of sp³-hybridized carbons (Fsp3) is 0.118. The molecule has 0 unspecified atom stereocenters. The molecule has 0 aliphatic rings. The van der Waals surface area contributed by atoms with Gasteiger partial charge in [-0.1, -0.05) is 30.3 Å². The van der Waals surface area contributed by atoms with Crippen molar-refractivity contribution in [1.29, 1.82) is 0 Å². The molecule has 1 N–H and O–H groups in total. The van der Waals surface area contributed by atoms with Crippen LogP contribution in [0.15, 0.2) is 54.6 Å². The minimum absolute atomic E-state index is 0.0480. The number of carbonyl (C=O) groups excluding carboxylic acids is 3. The normalized spacial score (nSPS) is 9.78. The molecule has 2 aromatic rings. The molecule has 0 fully saturated rings. The SMILES string of the molecule is COC(=O)c1ccccc1C(=O)OCC(=O)Nc1ccccc1. The van der Waals surface area contributed by atoms with E-state index in [0.717, 1.165) is 0 Å². The number of esters is 2. The Hall–Kier alpha value is -3.15. The fourth-order valence-corrected chi connectivity index (χ4v) is 1.88. The molecule has 0 spiro atoms. The third-order valence-electron chi connectivity index (χ3n) is 2.94. The molecule has 6 nitrogen and oxygen atoms in total. The molecule has 0 saturated heterocycles. The highest BCUT2D eigenvalue weighted by atomic mass is 16.5. The number of methoxy groups -OCH3 is 1. The van der Waals surface area contributed by atoms with E-state index in [1.165, 1.54) is 19.2 Å². The predicted molar refractivity (Wildman–Crippen MR) is 83.1 cm³/mol. The van der Waals surface area contributed by atoms with Gasteiger partial charge in [0.05, 0.1) is 18.2 Å². The second-order valence-corrected chi connectivity index (χ2v) is 4.53. The summed E-state index contributed by atoms with van der Waals surface area (Å²) < 4.78 is 9.54. The molecule has 0 aromatic heterocycles. The lowest BCUT2D eigenvalue weighted by Crippen LogP contribution is -2.22. The van der Waals surface area contributed by atoms with Crippen molar-refractivity contribution in [3.8, 4) is 0 Å². The third kappa shape index (κ3) is 4.41. The lowest BCUT2D eigenvalue weighted by atomic mass is 10.1. The number of hydrogen-bond donors (Lipinski definition) is 1. The Kier molecular flexibility index (Phi) is 5.46. The molecule has 0 aliphatic carbocycles. The number of hydrogen-bond acceptors (Lipinski definition) is 5. The molecule has 0 atom stereocenters. The van der Waals surface area contributed by atoms with Gasteiger partial charge in [-0.05, 0) is 24.3 Å². The zero-order valence-electron chi connectivity index (χ0n) is 12.4. The van der Waals surface area contributed by atoms with E-state index in [4.69, 9.17) is 4.74 Å². The van der Waals surface area contributed by atoms with Crippen LogP contribution < -0.4 is 5.32 Å². The van der Waals surface area contributed by atoms with Gasteiger partial charge in [-0.2, -0.15) is 0 Å². The van der Waals surface area contributed by atoms with Gasteiger partial charge in [0, 0.05) is 5.69 Å². The first-order valence-electron chi connectivity index (χ1n) is 6.81. The smallest absolute Gasteiger partial charge is 0.339 e. The summed E-state index contributed by atoms with van der Waals surface area (Å²) in [7, 11) is 1.22. The van der Waals surface area contributed by atoms with Crippen LogP contribution in [0.5, 0.6) is 0 Å². The van der Waals surface area contributed by atoms with Crippen molar-refractivity contribution in [2.45, 2.75) is 0 Å². The van der Waals surface area contributed by atoms with Crippen molar-refractivity contribution in [2.24, 2.45) is 0 Å². The zero-order valence-corrected chi connectivity index (χ0v) is 12.4. The third-order valence-corrected chi connectivity index (χ3v) is 2.94. The van der Waals surface area contributed by atoms with Gasteiger partial charge >= 0.3 is 11.9 Å². The van der Waals surface area contributed by atoms with Crippen LogP contribution in [0.25, 0.3) is 0 Å². The second kappa shape index (κ2) is 7.74. The molecule has 118 valence electrons. The van der Waals surface area contributed by atoms with Crippen LogP contribution in [-0.4, -0.2) is 31.6 Å². The van der Waals surface area contributed by atoms with E-state index in [-0.39, 0.29) is 11.1 Å². The van der Waals surface area contributed by atoms with E-state index in [1.54, 1.807) is 36.4 Å². The maximum Gasteiger partial charge on any atom is 0.339 e. The van der Waals surface area contributed by atoms with Gasteiger partial charge in [0.2, 0.25) is 0 Å². The summed E-state index contributed by atoms with van der Waals surface area (Å²) in [5.74, 6) is -1.89. The number of ether oxygens (including phenoxy) is 2. The Bertz CT molecular complexity index is 712. The van der Waals surface area contributed by atoms with Crippen LogP contribution in [-0.2, 0) is 14.3 Å². The largest absolute Gasteiger partial charge is 0.465 e. The van der Waals surface area contributed by atoms with Crippen LogP contribution >= 0.6 is 0 Å². The number of amides is 1. The highest BCUT2D eigenvalue weighted by Gasteiger charge is 2.19. The lowest BCUT2D eigenvalue weighted by molar-refractivity contribution is -0.119.